The molecule has 2 amide bonds. The Kier molecular flexibility index (Phi) is 4.65. The number of carbonyl (C=O) groups is 2. The van der Waals surface area contributed by atoms with E-state index in [-0.39, 0.29) is 30.3 Å². The van der Waals surface area contributed by atoms with Crippen LogP contribution in [0.15, 0.2) is 24.3 Å². The van der Waals surface area contributed by atoms with E-state index in [2.05, 4.69) is 5.32 Å². The van der Waals surface area contributed by atoms with Crippen LogP contribution in [0.3, 0.4) is 0 Å². The van der Waals surface area contributed by atoms with Gasteiger partial charge in [-0.1, -0.05) is 37.6 Å². The molecule has 20 heavy (non-hydrogen) atoms. The van der Waals surface area contributed by atoms with Crippen molar-refractivity contribution in [3.05, 3.63) is 34.9 Å². The molecule has 1 aromatic rings. The van der Waals surface area contributed by atoms with Crippen molar-refractivity contribution < 1.29 is 9.59 Å². The molecule has 2 rings (SSSR count). The molecule has 0 spiro atoms. The van der Waals surface area contributed by atoms with Gasteiger partial charge in [0, 0.05) is 11.6 Å². The molecule has 4 nitrogen and oxygen atoms in total. The molecule has 1 aromatic carbocycles. The van der Waals surface area contributed by atoms with Gasteiger partial charge in [-0.3, -0.25) is 9.59 Å². The number of amides is 2. The molecule has 1 heterocycles. The summed E-state index contributed by atoms with van der Waals surface area (Å²) in [7, 11) is 0. The van der Waals surface area contributed by atoms with E-state index in [1.54, 1.807) is 4.90 Å². The fraction of sp³-hybridized carbons (Fsp3) is 0.467. The lowest BCUT2D eigenvalue weighted by molar-refractivity contribution is -0.147. The molecular weight excluding hydrogens is 276 g/mol. The van der Waals surface area contributed by atoms with Gasteiger partial charge in [-0.2, -0.15) is 0 Å². The number of nitrogens with zero attached hydrogens (tertiary/aromatic N) is 1. The lowest BCUT2D eigenvalue weighted by Gasteiger charge is -2.37. The first-order chi connectivity index (χ1) is 9.49. The highest BCUT2D eigenvalue weighted by Gasteiger charge is 2.35. The quantitative estimate of drug-likeness (QED) is 0.921. The van der Waals surface area contributed by atoms with Crippen LogP contribution in [0.5, 0.6) is 0 Å². The van der Waals surface area contributed by atoms with Gasteiger partial charge in [-0.25, -0.2) is 0 Å². The van der Waals surface area contributed by atoms with Gasteiger partial charge in [0.15, 0.2) is 0 Å². The summed E-state index contributed by atoms with van der Waals surface area (Å²) < 4.78 is 0. The molecule has 0 aromatic heterocycles. The Balaban J connectivity index is 2.06. The van der Waals surface area contributed by atoms with E-state index in [1.807, 2.05) is 38.1 Å². The number of halogens is 1. The fourth-order valence-electron chi connectivity index (χ4n) is 2.49. The average Bonchev–Trinajstić information content (AvgIpc) is 2.41. The number of rotatable bonds is 4. The predicted octanol–water partition coefficient (Wildman–Crippen LogP) is 1.87. The molecule has 5 heteroatoms. The van der Waals surface area contributed by atoms with E-state index in [4.69, 9.17) is 11.6 Å². The first-order valence-electron chi connectivity index (χ1n) is 6.80. The monoisotopic (exact) mass is 294 g/mol. The van der Waals surface area contributed by atoms with E-state index in [9.17, 15) is 9.59 Å². The van der Waals surface area contributed by atoms with Gasteiger partial charge in [-0.05, 0) is 30.0 Å². The van der Waals surface area contributed by atoms with Crippen molar-refractivity contribution >= 4 is 23.4 Å². The van der Waals surface area contributed by atoms with E-state index in [0.29, 0.717) is 11.6 Å². The van der Waals surface area contributed by atoms with Crippen LogP contribution < -0.4 is 5.32 Å². The summed E-state index contributed by atoms with van der Waals surface area (Å²) >= 11 is 5.85. The first kappa shape index (κ1) is 14.9. The van der Waals surface area contributed by atoms with Crippen LogP contribution in [0.4, 0.5) is 0 Å². The smallest absolute Gasteiger partial charge is 0.243 e. The highest BCUT2D eigenvalue weighted by Crippen LogP contribution is 2.16. The zero-order valence-corrected chi connectivity index (χ0v) is 12.5. The van der Waals surface area contributed by atoms with E-state index >= 15 is 0 Å². The molecule has 0 aliphatic carbocycles. The molecule has 0 bridgehead atoms. The molecule has 0 saturated carbocycles. The topological polar surface area (TPSA) is 49.4 Å². The Morgan fingerprint density at radius 2 is 1.95 bits per heavy atom. The van der Waals surface area contributed by atoms with Gasteiger partial charge in [0.25, 0.3) is 0 Å². The van der Waals surface area contributed by atoms with Gasteiger partial charge in [0.2, 0.25) is 11.8 Å². The number of hydrogen-bond acceptors (Lipinski definition) is 2. The van der Waals surface area contributed by atoms with E-state index in [1.165, 1.54) is 0 Å². The lowest BCUT2D eigenvalue weighted by Crippen LogP contribution is -2.60. The van der Waals surface area contributed by atoms with Crippen molar-refractivity contribution in [3.8, 4) is 0 Å². The second-order valence-corrected chi connectivity index (χ2v) is 5.81. The van der Waals surface area contributed by atoms with Crippen molar-refractivity contribution in [2.45, 2.75) is 26.3 Å². The van der Waals surface area contributed by atoms with Crippen molar-refractivity contribution in [1.82, 2.24) is 10.2 Å². The molecule has 1 fully saturated rings. The first-order valence-corrected chi connectivity index (χ1v) is 7.18. The normalized spacial score (nSPS) is 19.4. The van der Waals surface area contributed by atoms with Crippen molar-refractivity contribution in [3.63, 3.8) is 0 Å². The van der Waals surface area contributed by atoms with Crippen molar-refractivity contribution in [1.29, 1.82) is 0 Å². The van der Waals surface area contributed by atoms with Gasteiger partial charge in [0.05, 0.1) is 6.54 Å². The van der Waals surface area contributed by atoms with Gasteiger partial charge >= 0.3 is 0 Å². The Morgan fingerprint density at radius 3 is 2.55 bits per heavy atom. The van der Waals surface area contributed by atoms with E-state index < -0.39 is 0 Å². The Hall–Kier alpha value is -1.55. The molecule has 108 valence electrons. The number of hydrogen-bond donors (Lipinski definition) is 1. The van der Waals surface area contributed by atoms with Gasteiger partial charge in [0.1, 0.15) is 6.04 Å². The van der Waals surface area contributed by atoms with Gasteiger partial charge < -0.3 is 10.2 Å². The minimum absolute atomic E-state index is 0.0164. The Bertz CT molecular complexity index is 499. The predicted molar refractivity (Wildman–Crippen MR) is 78.5 cm³/mol. The third-order valence-electron chi connectivity index (χ3n) is 3.52. The molecule has 1 N–H and O–H groups in total. The molecule has 1 aliphatic rings. The third-order valence-corrected chi connectivity index (χ3v) is 3.78. The van der Waals surface area contributed by atoms with Crippen LogP contribution in [0, 0.1) is 5.92 Å². The third kappa shape index (κ3) is 3.31. The fourth-order valence-corrected chi connectivity index (χ4v) is 2.62. The molecule has 1 aliphatic heterocycles. The Labute approximate surface area is 124 Å². The van der Waals surface area contributed by atoms with Crippen molar-refractivity contribution in [2.24, 2.45) is 5.92 Å². The maximum atomic E-state index is 12.0. The molecule has 1 unspecified atom stereocenters. The lowest BCUT2D eigenvalue weighted by atomic mass is 9.98. The minimum atomic E-state index is -0.372. The number of benzene rings is 1. The standard InChI is InChI=1S/C15H19ClN2O2/c1-10(2)14-15(20)17-9-13(19)18(14)8-7-11-3-5-12(16)6-4-11/h3-6,10,14H,7-9H2,1-2H3,(H,17,20). The zero-order chi connectivity index (χ0) is 14.7. The van der Waals surface area contributed by atoms with Crippen molar-refractivity contribution in [2.75, 3.05) is 13.1 Å². The summed E-state index contributed by atoms with van der Waals surface area (Å²) in [6.45, 7) is 4.57. The summed E-state index contributed by atoms with van der Waals surface area (Å²) in [5, 5.41) is 3.35. The second-order valence-electron chi connectivity index (χ2n) is 5.37. The summed E-state index contributed by atoms with van der Waals surface area (Å²) in [5.41, 5.74) is 1.11. The average molecular weight is 295 g/mol. The van der Waals surface area contributed by atoms with E-state index in [0.717, 1.165) is 12.0 Å². The van der Waals surface area contributed by atoms with Gasteiger partial charge in [-0.15, -0.1) is 0 Å². The molecule has 1 atom stereocenters. The molecular formula is C15H19ClN2O2. The molecule has 0 radical (unpaired) electrons. The maximum Gasteiger partial charge on any atom is 0.243 e. The second kappa shape index (κ2) is 6.27. The molecule has 1 saturated heterocycles. The maximum absolute atomic E-state index is 12.0. The van der Waals surface area contributed by atoms with Crippen LogP contribution in [0.25, 0.3) is 0 Å². The minimum Gasteiger partial charge on any atom is -0.345 e. The number of carbonyl (C=O) groups excluding carboxylic acids is 2. The summed E-state index contributed by atoms with van der Waals surface area (Å²) in [4.78, 5) is 25.6. The van der Waals surface area contributed by atoms with Crippen LogP contribution in [0.2, 0.25) is 5.02 Å². The van der Waals surface area contributed by atoms with Crippen LogP contribution in [-0.4, -0.2) is 35.8 Å². The summed E-state index contributed by atoms with van der Waals surface area (Å²) in [5.74, 6) is 0.0254. The van der Waals surface area contributed by atoms with Crippen LogP contribution in [-0.2, 0) is 16.0 Å². The largest absolute Gasteiger partial charge is 0.345 e. The Morgan fingerprint density at radius 1 is 1.30 bits per heavy atom. The van der Waals surface area contributed by atoms with Crippen LogP contribution in [0.1, 0.15) is 19.4 Å². The zero-order valence-electron chi connectivity index (χ0n) is 11.7. The highest BCUT2D eigenvalue weighted by molar-refractivity contribution is 6.30. The summed E-state index contributed by atoms with van der Waals surface area (Å²) in [6, 6.07) is 7.19. The SMILES string of the molecule is CC(C)C1C(=O)NCC(=O)N1CCc1ccc(Cl)cc1. The summed E-state index contributed by atoms with van der Waals surface area (Å²) in [6.07, 6.45) is 0.722. The highest BCUT2D eigenvalue weighted by atomic mass is 35.5. The van der Waals surface area contributed by atoms with Crippen LogP contribution >= 0.6 is 11.6 Å². The number of piperazine rings is 1. The number of nitrogens with one attached hydrogen (secondary N) is 1.